The van der Waals surface area contributed by atoms with Crippen molar-refractivity contribution in [3.8, 4) is 0 Å². The number of allylic oxidation sites excluding steroid dienone is 2. The lowest BCUT2D eigenvalue weighted by atomic mass is 9.85. The molecule has 1 saturated carbocycles. The van der Waals surface area contributed by atoms with Crippen molar-refractivity contribution in [1.29, 1.82) is 0 Å². The molecular formula is C16H15NO5. The second-order valence-corrected chi connectivity index (χ2v) is 6.18. The zero-order chi connectivity index (χ0) is 15.4. The summed E-state index contributed by atoms with van der Waals surface area (Å²) in [6, 6.07) is 2.37. The topological polar surface area (TPSA) is 87.8 Å². The summed E-state index contributed by atoms with van der Waals surface area (Å²) < 4.78 is 5.27. The Hall–Kier alpha value is -2.37. The van der Waals surface area contributed by atoms with E-state index in [1.165, 1.54) is 6.26 Å². The van der Waals surface area contributed by atoms with Crippen molar-refractivity contribution in [2.45, 2.75) is 18.9 Å². The van der Waals surface area contributed by atoms with Crippen LogP contribution in [0, 0.1) is 23.7 Å². The van der Waals surface area contributed by atoms with Crippen molar-refractivity contribution in [2.75, 3.05) is 0 Å². The number of carbonyl (C=O) groups is 3. The van der Waals surface area contributed by atoms with E-state index in [0.29, 0.717) is 5.76 Å². The molecule has 4 rings (SSSR count). The van der Waals surface area contributed by atoms with E-state index in [9.17, 15) is 14.4 Å². The number of rotatable bonds is 4. The van der Waals surface area contributed by atoms with E-state index in [0.717, 1.165) is 11.3 Å². The number of carbonyl (C=O) groups excluding carboxylic acids is 2. The summed E-state index contributed by atoms with van der Waals surface area (Å²) in [6.45, 7) is 0. The first-order valence-corrected chi connectivity index (χ1v) is 7.38. The lowest BCUT2D eigenvalue weighted by Gasteiger charge is -2.25. The van der Waals surface area contributed by atoms with Gasteiger partial charge in [0.1, 0.15) is 11.8 Å². The van der Waals surface area contributed by atoms with E-state index in [1.807, 2.05) is 12.2 Å². The maximum Gasteiger partial charge on any atom is 0.305 e. The van der Waals surface area contributed by atoms with Crippen LogP contribution in [0.5, 0.6) is 0 Å². The zero-order valence-electron chi connectivity index (χ0n) is 11.7. The molecule has 0 aromatic carbocycles. The summed E-state index contributed by atoms with van der Waals surface area (Å²) in [4.78, 5) is 37.8. The Labute approximate surface area is 126 Å². The van der Waals surface area contributed by atoms with Gasteiger partial charge in [0.25, 0.3) is 0 Å². The Kier molecular flexibility index (Phi) is 2.76. The number of fused-ring (bicyclic) bond motifs is 5. The second-order valence-electron chi connectivity index (χ2n) is 6.18. The van der Waals surface area contributed by atoms with Crippen LogP contribution < -0.4 is 0 Å². The van der Waals surface area contributed by atoms with Crippen molar-refractivity contribution in [3.63, 3.8) is 0 Å². The van der Waals surface area contributed by atoms with Crippen LogP contribution in [0.15, 0.2) is 35.0 Å². The minimum atomic E-state index is -1.07. The summed E-state index contributed by atoms with van der Waals surface area (Å²) in [5, 5.41) is 9.13. The number of amides is 2. The number of nitrogens with zero attached hydrogens (tertiary/aromatic N) is 1. The quantitative estimate of drug-likeness (QED) is 0.674. The Morgan fingerprint density at radius 2 is 1.91 bits per heavy atom. The average molecular weight is 301 g/mol. The van der Waals surface area contributed by atoms with E-state index in [-0.39, 0.29) is 41.9 Å². The van der Waals surface area contributed by atoms with Gasteiger partial charge in [-0.05, 0) is 30.4 Å². The molecule has 3 aliphatic rings. The number of hydrogen-bond donors (Lipinski definition) is 1. The van der Waals surface area contributed by atoms with Gasteiger partial charge >= 0.3 is 5.97 Å². The van der Waals surface area contributed by atoms with E-state index in [1.54, 1.807) is 12.1 Å². The third kappa shape index (κ3) is 1.70. The lowest BCUT2D eigenvalue weighted by Crippen LogP contribution is -2.37. The Balaban J connectivity index is 1.70. The van der Waals surface area contributed by atoms with Gasteiger partial charge in [0.2, 0.25) is 11.8 Å². The molecule has 2 amide bonds. The van der Waals surface area contributed by atoms with Crippen LogP contribution in [0.1, 0.15) is 24.6 Å². The highest BCUT2D eigenvalue weighted by Crippen LogP contribution is 2.54. The first-order chi connectivity index (χ1) is 10.6. The van der Waals surface area contributed by atoms with E-state index in [4.69, 9.17) is 9.52 Å². The van der Waals surface area contributed by atoms with Gasteiger partial charge in [-0.1, -0.05) is 12.2 Å². The number of imide groups is 1. The van der Waals surface area contributed by atoms with E-state index in [2.05, 4.69) is 0 Å². The summed E-state index contributed by atoms with van der Waals surface area (Å²) in [6.07, 6.45) is 5.96. The molecule has 2 fully saturated rings. The Morgan fingerprint density at radius 1 is 1.27 bits per heavy atom. The molecule has 1 N–H and O–H groups in total. The fourth-order valence-electron chi connectivity index (χ4n) is 4.20. The summed E-state index contributed by atoms with van der Waals surface area (Å²) in [5.41, 5.74) is 0. The van der Waals surface area contributed by atoms with E-state index >= 15 is 0 Å². The second kappa shape index (κ2) is 4.56. The van der Waals surface area contributed by atoms with E-state index < -0.39 is 12.0 Å². The van der Waals surface area contributed by atoms with Gasteiger partial charge in [-0.2, -0.15) is 0 Å². The maximum atomic E-state index is 12.7. The molecule has 1 aliphatic heterocycles. The number of aliphatic carboxylic acids is 1. The molecule has 6 heteroatoms. The van der Waals surface area contributed by atoms with Crippen molar-refractivity contribution < 1.29 is 23.9 Å². The minimum absolute atomic E-state index is 0.110. The molecule has 1 aromatic heterocycles. The standard InChI is InChI=1S/C16H15NO5/c18-12(19)7-10(11-2-1-5-22-11)17-15(20)13-8-3-4-9(6-8)14(13)16(17)21/h1-5,8-10,13-14H,6-7H2,(H,18,19)/t8-,9-,10+,13+,14+/m0/s1. The smallest absolute Gasteiger partial charge is 0.305 e. The molecule has 114 valence electrons. The largest absolute Gasteiger partial charge is 0.481 e. The molecule has 5 atom stereocenters. The molecule has 2 heterocycles. The van der Waals surface area contributed by atoms with Gasteiger partial charge in [-0.25, -0.2) is 0 Å². The molecule has 0 spiro atoms. The van der Waals surface area contributed by atoms with Gasteiger partial charge < -0.3 is 9.52 Å². The number of likely N-dealkylation sites (tertiary alicyclic amines) is 1. The molecule has 2 aliphatic carbocycles. The van der Waals surface area contributed by atoms with Crippen molar-refractivity contribution in [3.05, 3.63) is 36.3 Å². The van der Waals surface area contributed by atoms with Crippen LogP contribution in [-0.2, 0) is 14.4 Å². The average Bonchev–Trinajstić information content (AvgIpc) is 3.22. The third-order valence-electron chi connectivity index (χ3n) is 5.06. The van der Waals surface area contributed by atoms with Crippen LogP contribution in [0.3, 0.4) is 0 Å². The molecular weight excluding hydrogens is 286 g/mol. The highest BCUT2D eigenvalue weighted by atomic mass is 16.4. The van der Waals surface area contributed by atoms with Gasteiger partial charge in [-0.3, -0.25) is 19.3 Å². The Morgan fingerprint density at radius 3 is 2.41 bits per heavy atom. The third-order valence-corrected chi connectivity index (χ3v) is 5.06. The maximum absolute atomic E-state index is 12.7. The van der Waals surface area contributed by atoms with Gasteiger partial charge in [-0.15, -0.1) is 0 Å². The van der Waals surface area contributed by atoms with Crippen LogP contribution in [0.25, 0.3) is 0 Å². The predicted octanol–water partition coefficient (Wildman–Crippen LogP) is 1.60. The van der Waals surface area contributed by atoms with Crippen LogP contribution in [0.4, 0.5) is 0 Å². The number of hydrogen-bond acceptors (Lipinski definition) is 4. The van der Waals surface area contributed by atoms with Crippen molar-refractivity contribution >= 4 is 17.8 Å². The fraction of sp³-hybridized carbons (Fsp3) is 0.438. The monoisotopic (exact) mass is 301 g/mol. The molecule has 1 aromatic rings. The molecule has 6 nitrogen and oxygen atoms in total. The summed E-state index contributed by atoms with van der Waals surface area (Å²) >= 11 is 0. The molecule has 2 bridgehead atoms. The van der Waals surface area contributed by atoms with Gasteiger partial charge in [0.15, 0.2) is 0 Å². The lowest BCUT2D eigenvalue weighted by molar-refractivity contribution is -0.147. The molecule has 0 radical (unpaired) electrons. The minimum Gasteiger partial charge on any atom is -0.481 e. The van der Waals surface area contributed by atoms with Crippen LogP contribution in [-0.4, -0.2) is 27.8 Å². The van der Waals surface area contributed by atoms with Crippen molar-refractivity contribution in [1.82, 2.24) is 4.90 Å². The number of carboxylic acid groups (broad SMARTS) is 1. The predicted molar refractivity (Wildman–Crippen MR) is 73.3 cm³/mol. The fourth-order valence-corrected chi connectivity index (χ4v) is 4.20. The number of furan rings is 1. The van der Waals surface area contributed by atoms with Crippen LogP contribution in [0.2, 0.25) is 0 Å². The highest BCUT2D eigenvalue weighted by molar-refractivity contribution is 6.07. The molecule has 22 heavy (non-hydrogen) atoms. The Bertz CT molecular complexity index is 647. The van der Waals surface area contributed by atoms with Crippen molar-refractivity contribution in [2.24, 2.45) is 23.7 Å². The van der Waals surface area contributed by atoms with Gasteiger partial charge in [0.05, 0.1) is 24.5 Å². The highest BCUT2D eigenvalue weighted by Gasteiger charge is 2.60. The first-order valence-electron chi connectivity index (χ1n) is 7.38. The SMILES string of the molecule is O=C(O)C[C@H](c1ccco1)N1C(=O)[C@H]2[C@H](C1=O)[C@H]1C=C[C@H]2C1. The zero-order valence-corrected chi connectivity index (χ0v) is 11.7. The summed E-state index contributed by atoms with van der Waals surface area (Å²) in [5.74, 6) is -1.67. The van der Waals surface area contributed by atoms with Gasteiger partial charge in [0, 0.05) is 0 Å². The number of carboxylic acids is 1. The first kappa shape index (κ1) is 13.3. The molecule has 1 saturated heterocycles. The van der Waals surface area contributed by atoms with Crippen LogP contribution >= 0.6 is 0 Å². The normalized spacial score (nSPS) is 33.5. The molecule has 0 unspecified atom stereocenters. The summed E-state index contributed by atoms with van der Waals surface area (Å²) in [7, 11) is 0.